The molecule has 0 saturated carbocycles. The van der Waals surface area contributed by atoms with Crippen LogP contribution in [-0.2, 0) is 0 Å². The summed E-state index contributed by atoms with van der Waals surface area (Å²) in [5, 5.41) is 3.05. The number of allylic oxidation sites excluding steroid dienone is 2. The number of nitrogens with one attached hydrogen (secondary N) is 1. The molecule has 2 heterocycles. The highest BCUT2D eigenvalue weighted by atomic mass is 16.1. The van der Waals surface area contributed by atoms with Crippen molar-refractivity contribution in [3.63, 3.8) is 0 Å². The van der Waals surface area contributed by atoms with Crippen molar-refractivity contribution in [2.24, 2.45) is 0 Å². The van der Waals surface area contributed by atoms with Crippen LogP contribution in [0, 0.1) is 0 Å². The van der Waals surface area contributed by atoms with Gasteiger partial charge in [-0.05, 0) is 25.9 Å². The number of hydrogen-bond donors (Lipinski definition) is 1. The van der Waals surface area contributed by atoms with Gasteiger partial charge in [0.1, 0.15) is 11.4 Å². The van der Waals surface area contributed by atoms with E-state index in [4.69, 9.17) is 0 Å². The monoisotopic (exact) mass is 272 g/mol. The summed E-state index contributed by atoms with van der Waals surface area (Å²) < 4.78 is 0. The highest BCUT2D eigenvalue weighted by Gasteiger charge is 2.27. The zero-order chi connectivity index (χ0) is 13.9. The zero-order valence-electron chi connectivity index (χ0n) is 11.1. The summed E-state index contributed by atoms with van der Waals surface area (Å²) in [5.41, 5.74) is 0.605. The Morgan fingerprint density at radius 1 is 1.10 bits per heavy atom. The molecule has 0 bridgehead atoms. The number of carbonyl (C=O) groups is 2. The quantitative estimate of drug-likeness (QED) is 0.856. The number of rotatable bonds is 4. The van der Waals surface area contributed by atoms with E-state index < -0.39 is 0 Å². The summed E-state index contributed by atoms with van der Waals surface area (Å²) in [4.78, 5) is 34.3. The minimum atomic E-state index is -0.267. The number of carbonyl (C=O) groups excluding carboxylic acids is 2. The fourth-order valence-electron chi connectivity index (χ4n) is 2.56. The van der Waals surface area contributed by atoms with E-state index in [0.717, 1.165) is 19.6 Å². The van der Waals surface area contributed by atoms with E-state index in [0.29, 0.717) is 12.2 Å². The first kappa shape index (κ1) is 12.9. The fourth-order valence-corrected chi connectivity index (χ4v) is 2.56. The van der Waals surface area contributed by atoms with Crippen molar-refractivity contribution in [1.29, 1.82) is 0 Å². The molecule has 1 fully saturated rings. The maximum Gasteiger partial charge on any atom is 0.229 e. The van der Waals surface area contributed by atoms with Gasteiger partial charge in [-0.3, -0.25) is 9.59 Å². The third-order valence-electron chi connectivity index (χ3n) is 3.61. The van der Waals surface area contributed by atoms with Gasteiger partial charge in [-0.2, -0.15) is 0 Å². The van der Waals surface area contributed by atoms with Gasteiger partial charge < -0.3 is 10.2 Å². The highest BCUT2D eigenvalue weighted by Crippen LogP contribution is 2.15. The highest BCUT2D eigenvalue weighted by molar-refractivity contribution is 6.22. The SMILES string of the molecule is O=C1C=C(NCCN2CCCC2)C(=O)c2nccnc21. The second kappa shape index (κ2) is 5.50. The van der Waals surface area contributed by atoms with E-state index in [-0.39, 0.29) is 23.0 Å². The Labute approximate surface area is 116 Å². The van der Waals surface area contributed by atoms with Crippen LogP contribution in [0.3, 0.4) is 0 Å². The summed E-state index contributed by atoms with van der Waals surface area (Å²) in [7, 11) is 0. The van der Waals surface area contributed by atoms with Crippen molar-refractivity contribution in [2.75, 3.05) is 26.2 Å². The van der Waals surface area contributed by atoms with Crippen molar-refractivity contribution < 1.29 is 9.59 Å². The molecule has 6 nitrogen and oxygen atoms in total. The Morgan fingerprint density at radius 3 is 2.55 bits per heavy atom. The lowest BCUT2D eigenvalue weighted by molar-refractivity contribution is 0.0970. The molecule has 1 aromatic rings. The van der Waals surface area contributed by atoms with Gasteiger partial charge in [-0.15, -0.1) is 0 Å². The van der Waals surface area contributed by atoms with Gasteiger partial charge in [-0.25, -0.2) is 9.97 Å². The average Bonchev–Trinajstić information content (AvgIpc) is 2.97. The second-order valence-corrected chi connectivity index (χ2v) is 4.98. The number of Topliss-reactive ketones (excluding diaryl/α,β-unsaturated/α-hetero) is 1. The van der Waals surface area contributed by atoms with Crippen molar-refractivity contribution >= 4 is 11.6 Å². The van der Waals surface area contributed by atoms with Crippen LogP contribution in [0.25, 0.3) is 0 Å². The van der Waals surface area contributed by atoms with Crippen molar-refractivity contribution in [3.05, 3.63) is 35.6 Å². The third-order valence-corrected chi connectivity index (χ3v) is 3.61. The minimum Gasteiger partial charge on any atom is -0.380 e. The van der Waals surface area contributed by atoms with Crippen LogP contribution in [0.5, 0.6) is 0 Å². The van der Waals surface area contributed by atoms with Crippen LogP contribution < -0.4 is 5.32 Å². The van der Waals surface area contributed by atoms with Gasteiger partial charge in [0.05, 0.1) is 5.70 Å². The minimum absolute atomic E-state index is 0.141. The maximum atomic E-state index is 12.2. The molecule has 1 N–H and O–H groups in total. The molecule has 6 heteroatoms. The first-order chi connectivity index (χ1) is 9.75. The average molecular weight is 272 g/mol. The van der Waals surface area contributed by atoms with E-state index in [1.807, 2.05) is 0 Å². The topological polar surface area (TPSA) is 75.2 Å². The smallest absolute Gasteiger partial charge is 0.229 e. The molecular formula is C14H16N4O2. The molecular weight excluding hydrogens is 256 g/mol. The van der Waals surface area contributed by atoms with Crippen LogP contribution in [0.15, 0.2) is 24.2 Å². The van der Waals surface area contributed by atoms with Crippen LogP contribution in [0.2, 0.25) is 0 Å². The largest absolute Gasteiger partial charge is 0.380 e. The van der Waals surface area contributed by atoms with Crippen molar-refractivity contribution in [2.45, 2.75) is 12.8 Å². The van der Waals surface area contributed by atoms with E-state index in [1.54, 1.807) is 0 Å². The molecule has 20 heavy (non-hydrogen) atoms. The molecule has 1 aliphatic carbocycles. The molecule has 2 aliphatic rings. The van der Waals surface area contributed by atoms with Gasteiger partial charge in [0.15, 0.2) is 0 Å². The summed E-state index contributed by atoms with van der Waals surface area (Å²) in [6.07, 6.45) is 6.65. The summed E-state index contributed by atoms with van der Waals surface area (Å²) in [6.45, 7) is 3.76. The van der Waals surface area contributed by atoms with E-state index >= 15 is 0 Å². The molecule has 1 aromatic heterocycles. The number of ketones is 2. The summed E-state index contributed by atoms with van der Waals surface area (Å²) in [6, 6.07) is 0. The molecule has 3 rings (SSSR count). The normalized spacial score (nSPS) is 18.9. The van der Waals surface area contributed by atoms with Gasteiger partial charge in [0.2, 0.25) is 11.6 Å². The van der Waals surface area contributed by atoms with Crippen LogP contribution >= 0.6 is 0 Å². The molecule has 0 amide bonds. The predicted octanol–water partition coefficient (Wildman–Crippen LogP) is 0.425. The molecule has 1 saturated heterocycles. The Bertz CT molecular complexity index is 576. The van der Waals surface area contributed by atoms with Gasteiger partial charge in [0, 0.05) is 31.6 Å². The third kappa shape index (κ3) is 2.46. The number of nitrogens with zero attached hydrogens (tertiary/aromatic N) is 3. The fraction of sp³-hybridized carbons (Fsp3) is 0.429. The standard InChI is InChI=1S/C14H16N4O2/c19-11-9-10(15-5-8-18-6-1-2-7-18)14(20)13-12(11)16-3-4-17-13/h3-4,9,15H,1-2,5-8H2. The van der Waals surface area contributed by atoms with Gasteiger partial charge >= 0.3 is 0 Å². The molecule has 104 valence electrons. The summed E-state index contributed by atoms with van der Waals surface area (Å²) >= 11 is 0. The molecule has 0 atom stereocenters. The van der Waals surface area contributed by atoms with E-state index in [1.165, 1.54) is 31.3 Å². The first-order valence-electron chi connectivity index (χ1n) is 6.83. The van der Waals surface area contributed by atoms with E-state index in [2.05, 4.69) is 20.2 Å². The zero-order valence-corrected chi connectivity index (χ0v) is 11.1. The van der Waals surface area contributed by atoms with Gasteiger partial charge in [-0.1, -0.05) is 0 Å². The molecule has 0 unspecified atom stereocenters. The van der Waals surface area contributed by atoms with Crippen LogP contribution in [-0.4, -0.2) is 52.6 Å². The van der Waals surface area contributed by atoms with Crippen molar-refractivity contribution in [1.82, 2.24) is 20.2 Å². The van der Waals surface area contributed by atoms with Crippen LogP contribution in [0.4, 0.5) is 0 Å². The number of likely N-dealkylation sites (tertiary alicyclic amines) is 1. The van der Waals surface area contributed by atoms with Gasteiger partial charge in [0.25, 0.3) is 0 Å². The lowest BCUT2D eigenvalue weighted by Gasteiger charge is -2.18. The number of aromatic nitrogens is 2. The lowest BCUT2D eigenvalue weighted by Crippen LogP contribution is -2.34. The number of fused-ring (bicyclic) bond motifs is 1. The molecule has 0 aromatic carbocycles. The molecule has 0 spiro atoms. The Morgan fingerprint density at radius 2 is 1.80 bits per heavy atom. The Kier molecular flexibility index (Phi) is 3.56. The molecule has 1 aliphatic heterocycles. The maximum absolute atomic E-state index is 12.2. The Balaban J connectivity index is 1.65. The van der Waals surface area contributed by atoms with E-state index in [9.17, 15) is 9.59 Å². The number of hydrogen-bond acceptors (Lipinski definition) is 6. The summed E-state index contributed by atoms with van der Waals surface area (Å²) in [5.74, 6) is -0.523. The lowest BCUT2D eigenvalue weighted by atomic mass is 10.0. The van der Waals surface area contributed by atoms with Crippen LogP contribution in [0.1, 0.15) is 33.8 Å². The first-order valence-corrected chi connectivity index (χ1v) is 6.83. The Hall–Kier alpha value is -2.08. The van der Waals surface area contributed by atoms with Crippen molar-refractivity contribution in [3.8, 4) is 0 Å². The predicted molar refractivity (Wildman–Crippen MR) is 72.5 cm³/mol. The second-order valence-electron chi connectivity index (χ2n) is 4.98. The molecule has 0 radical (unpaired) electrons.